The second-order valence-corrected chi connectivity index (χ2v) is 13.7. The lowest BCUT2D eigenvalue weighted by molar-refractivity contribution is -0.123. The number of amides is 1. The Kier molecular flexibility index (Phi) is 36.4. The number of aliphatic hydroxyl groups is 2. The average Bonchev–Trinajstić information content (AvgIpc) is 3.04. The van der Waals surface area contributed by atoms with E-state index in [-0.39, 0.29) is 12.5 Å². The van der Waals surface area contributed by atoms with Gasteiger partial charge in [0.2, 0.25) is 5.91 Å². The maximum absolute atomic E-state index is 12.4. The Morgan fingerprint density at radius 1 is 0.511 bits per heavy atom. The molecule has 1 amide bonds. The van der Waals surface area contributed by atoms with E-state index in [4.69, 9.17) is 0 Å². The maximum Gasteiger partial charge on any atom is 0.220 e. The normalized spacial score (nSPS) is 13.2. The zero-order valence-corrected chi connectivity index (χ0v) is 30.4. The monoisotopic (exact) mass is 634 g/mol. The summed E-state index contributed by atoms with van der Waals surface area (Å²) in [4.78, 5) is 12.4. The van der Waals surface area contributed by atoms with Gasteiger partial charge in [0.25, 0.3) is 0 Å². The molecular formula is C41H79NO3. The Hall–Kier alpha value is -1.13. The highest BCUT2D eigenvalue weighted by Gasteiger charge is 2.19. The number of aliphatic hydroxyl groups excluding tert-OH is 2. The van der Waals surface area contributed by atoms with Crippen molar-refractivity contribution >= 4 is 5.91 Å². The van der Waals surface area contributed by atoms with E-state index < -0.39 is 12.1 Å². The number of carbonyl (C=O) groups excluding carboxylic acids is 1. The lowest BCUT2D eigenvalue weighted by Gasteiger charge is -2.22. The zero-order valence-electron chi connectivity index (χ0n) is 30.4. The van der Waals surface area contributed by atoms with Gasteiger partial charge >= 0.3 is 0 Å². The summed E-state index contributed by atoms with van der Waals surface area (Å²) in [6.45, 7) is 4.34. The van der Waals surface area contributed by atoms with Crippen LogP contribution in [0.3, 0.4) is 0 Å². The van der Waals surface area contributed by atoms with Gasteiger partial charge in [-0.1, -0.05) is 167 Å². The minimum Gasteiger partial charge on any atom is -0.394 e. The number of carbonyl (C=O) groups is 1. The highest BCUT2D eigenvalue weighted by atomic mass is 16.3. The molecule has 0 bridgehead atoms. The Labute approximate surface area is 281 Å². The molecule has 0 unspecified atom stereocenters. The molecule has 0 aromatic carbocycles. The van der Waals surface area contributed by atoms with Crippen LogP contribution in [0, 0.1) is 0 Å². The maximum atomic E-state index is 12.4. The van der Waals surface area contributed by atoms with Crippen molar-refractivity contribution in [2.45, 2.75) is 225 Å². The number of hydrogen-bond donors (Lipinski definition) is 3. The standard InChI is InChI=1S/C41H79NO3/c1-3-5-7-9-11-13-15-17-19-21-23-25-27-29-31-33-35-37-41(45)42-39(38-43)40(44)36-34-32-30-28-26-24-22-20-18-16-14-12-10-8-6-4-2/h17,19,26,28,39-40,43-44H,3-16,18,20-25,27,29-38H2,1-2H3,(H,42,45)/b19-17+,28-26+/t39-,40+/m0/s1. The highest BCUT2D eigenvalue weighted by molar-refractivity contribution is 5.76. The number of hydrogen-bond acceptors (Lipinski definition) is 3. The molecule has 0 radical (unpaired) electrons. The summed E-state index contributed by atoms with van der Waals surface area (Å²) in [6, 6.07) is -0.552. The summed E-state index contributed by atoms with van der Waals surface area (Å²) >= 11 is 0. The number of unbranched alkanes of at least 4 members (excludes halogenated alkanes) is 25. The number of nitrogens with one attached hydrogen (secondary N) is 1. The lowest BCUT2D eigenvalue weighted by Crippen LogP contribution is -2.45. The van der Waals surface area contributed by atoms with Crippen molar-refractivity contribution in [3.8, 4) is 0 Å². The van der Waals surface area contributed by atoms with E-state index in [1.54, 1.807) is 0 Å². The highest BCUT2D eigenvalue weighted by Crippen LogP contribution is 2.14. The molecule has 0 aliphatic carbocycles. The van der Waals surface area contributed by atoms with Crippen molar-refractivity contribution in [2.75, 3.05) is 6.61 Å². The molecule has 0 rings (SSSR count). The molecule has 4 heteroatoms. The first kappa shape index (κ1) is 43.9. The summed E-state index contributed by atoms with van der Waals surface area (Å²) in [7, 11) is 0. The smallest absolute Gasteiger partial charge is 0.220 e. The molecule has 0 aromatic rings. The van der Waals surface area contributed by atoms with Crippen molar-refractivity contribution in [1.82, 2.24) is 5.32 Å². The first-order chi connectivity index (χ1) is 22.2. The van der Waals surface area contributed by atoms with E-state index in [1.807, 2.05) is 0 Å². The topological polar surface area (TPSA) is 69.6 Å². The summed E-state index contributed by atoms with van der Waals surface area (Å²) in [6.07, 6.45) is 46.7. The van der Waals surface area contributed by atoms with Crippen LogP contribution < -0.4 is 5.32 Å². The van der Waals surface area contributed by atoms with Gasteiger partial charge in [0.15, 0.2) is 0 Å². The second-order valence-electron chi connectivity index (χ2n) is 13.7. The molecule has 0 aliphatic heterocycles. The molecule has 0 heterocycles. The van der Waals surface area contributed by atoms with Gasteiger partial charge in [0.05, 0.1) is 18.8 Å². The second kappa shape index (κ2) is 37.3. The van der Waals surface area contributed by atoms with Gasteiger partial charge in [-0.15, -0.1) is 0 Å². The van der Waals surface area contributed by atoms with Crippen molar-refractivity contribution in [3.05, 3.63) is 24.3 Å². The summed E-state index contributed by atoms with van der Waals surface area (Å²) in [5.41, 5.74) is 0. The fraction of sp³-hybridized carbons (Fsp3) is 0.878. The van der Waals surface area contributed by atoms with Crippen molar-refractivity contribution in [3.63, 3.8) is 0 Å². The van der Waals surface area contributed by atoms with Crippen LogP contribution in [-0.2, 0) is 4.79 Å². The average molecular weight is 634 g/mol. The summed E-state index contributed by atoms with van der Waals surface area (Å²) < 4.78 is 0. The molecule has 3 N–H and O–H groups in total. The van der Waals surface area contributed by atoms with Crippen LogP contribution in [0.15, 0.2) is 24.3 Å². The molecule has 0 aliphatic rings. The van der Waals surface area contributed by atoms with Crippen LogP contribution in [-0.4, -0.2) is 34.9 Å². The van der Waals surface area contributed by atoms with E-state index in [1.165, 1.54) is 154 Å². The molecule has 0 fully saturated rings. The minimum absolute atomic E-state index is 0.0456. The molecule has 0 saturated carbocycles. The van der Waals surface area contributed by atoms with Gasteiger partial charge in [-0.3, -0.25) is 4.79 Å². The van der Waals surface area contributed by atoms with Gasteiger partial charge in [-0.2, -0.15) is 0 Å². The Morgan fingerprint density at radius 2 is 0.844 bits per heavy atom. The molecule has 2 atom stereocenters. The van der Waals surface area contributed by atoms with Crippen LogP contribution in [0.4, 0.5) is 0 Å². The first-order valence-corrected chi connectivity index (χ1v) is 20.0. The van der Waals surface area contributed by atoms with Crippen LogP contribution in [0.5, 0.6) is 0 Å². The van der Waals surface area contributed by atoms with E-state index in [0.29, 0.717) is 12.8 Å². The van der Waals surface area contributed by atoms with Crippen LogP contribution >= 0.6 is 0 Å². The van der Waals surface area contributed by atoms with Gasteiger partial charge in [-0.25, -0.2) is 0 Å². The van der Waals surface area contributed by atoms with Crippen molar-refractivity contribution < 1.29 is 15.0 Å². The Morgan fingerprint density at radius 3 is 1.22 bits per heavy atom. The Balaban J connectivity index is 3.58. The van der Waals surface area contributed by atoms with Gasteiger partial charge < -0.3 is 15.5 Å². The third kappa shape index (κ3) is 34.0. The zero-order chi connectivity index (χ0) is 32.9. The van der Waals surface area contributed by atoms with Crippen molar-refractivity contribution in [1.29, 1.82) is 0 Å². The predicted molar refractivity (Wildman–Crippen MR) is 198 cm³/mol. The third-order valence-corrected chi connectivity index (χ3v) is 9.18. The van der Waals surface area contributed by atoms with Crippen LogP contribution in [0.1, 0.15) is 213 Å². The number of rotatable bonds is 36. The molecule has 4 nitrogen and oxygen atoms in total. The molecule has 0 aromatic heterocycles. The summed E-state index contributed by atoms with van der Waals surface area (Å²) in [5, 5.41) is 23.1. The van der Waals surface area contributed by atoms with Gasteiger partial charge in [0, 0.05) is 6.42 Å². The number of allylic oxidation sites excluding steroid dienone is 4. The predicted octanol–water partition coefficient (Wildman–Crippen LogP) is 12.1. The molecule has 45 heavy (non-hydrogen) atoms. The first-order valence-electron chi connectivity index (χ1n) is 20.0. The fourth-order valence-electron chi connectivity index (χ4n) is 6.05. The minimum atomic E-state index is -0.681. The molecule has 0 saturated heterocycles. The lowest BCUT2D eigenvalue weighted by atomic mass is 10.0. The largest absolute Gasteiger partial charge is 0.394 e. The van der Waals surface area contributed by atoms with E-state index >= 15 is 0 Å². The van der Waals surface area contributed by atoms with Crippen molar-refractivity contribution in [2.24, 2.45) is 0 Å². The van der Waals surface area contributed by atoms with Gasteiger partial charge in [0.1, 0.15) is 0 Å². The molecule has 266 valence electrons. The SMILES string of the molecule is CCCCCCCC/C=C/CCCCCCCCCC(=O)N[C@@H](CO)[C@H](O)CCCC/C=C/CCCCCCCCCCCC. The van der Waals surface area contributed by atoms with E-state index in [9.17, 15) is 15.0 Å². The summed E-state index contributed by atoms with van der Waals surface area (Å²) in [5.74, 6) is -0.0456. The van der Waals surface area contributed by atoms with E-state index in [2.05, 4.69) is 43.5 Å². The van der Waals surface area contributed by atoms with Gasteiger partial charge in [-0.05, 0) is 64.2 Å². The van der Waals surface area contributed by atoms with E-state index in [0.717, 1.165) is 32.1 Å². The van der Waals surface area contributed by atoms with Crippen LogP contribution in [0.2, 0.25) is 0 Å². The fourth-order valence-corrected chi connectivity index (χ4v) is 6.05. The third-order valence-electron chi connectivity index (χ3n) is 9.18. The Bertz CT molecular complexity index is 647. The molecule has 0 spiro atoms. The van der Waals surface area contributed by atoms with Crippen LogP contribution in [0.25, 0.3) is 0 Å². The molecular weight excluding hydrogens is 554 g/mol. The quantitative estimate of drug-likeness (QED) is 0.0475.